The number of nitrogens with zero attached hydrogens (tertiary/aromatic N) is 1. The lowest BCUT2D eigenvalue weighted by molar-refractivity contribution is -0.127. The topological polar surface area (TPSA) is 120 Å². The van der Waals surface area contributed by atoms with Gasteiger partial charge >= 0.3 is 0 Å². The fraction of sp³-hybridized carbons (Fsp3) is 0.471. The Labute approximate surface area is 141 Å². The van der Waals surface area contributed by atoms with Crippen LogP contribution in [0.1, 0.15) is 32.3 Å². The number of amides is 2. The largest absolute Gasteiger partial charge is 0.493 e. The summed E-state index contributed by atoms with van der Waals surface area (Å²) in [6.45, 7) is 3.71. The van der Waals surface area contributed by atoms with Crippen LogP contribution in [0.3, 0.4) is 0 Å². The number of carbonyl (C=O) groups excluding carboxylic acids is 2. The molecule has 0 unspecified atom stereocenters. The average Bonchev–Trinajstić information content (AvgIpc) is 3.32. The molecule has 0 atom stereocenters. The third-order valence-corrected chi connectivity index (χ3v) is 3.94. The van der Waals surface area contributed by atoms with Crippen molar-refractivity contribution in [2.24, 2.45) is 16.6 Å². The smallest absolute Gasteiger partial charge is 0.270 e. The lowest BCUT2D eigenvalue weighted by atomic mass is 10.0. The first-order valence-electron chi connectivity index (χ1n) is 7.86. The van der Waals surface area contributed by atoms with Crippen LogP contribution in [-0.4, -0.2) is 36.7 Å². The number of aliphatic imine (C=N–C) groups is 1. The van der Waals surface area contributed by atoms with Crippen molar-refractivity contribution in [3.05, 3.63) is 23.8 Å². The summed E-state index contributed by atoms with van der Waals surface area (Å²) in [5, 5.41) is 2.57. The van der Waals surface area contributed by atoms with Crippen molar-refractivity contribution in [1.82, 2.24) is 5.32 Å². The lowest BCUT2D eigenvalue weighted by Crippen LogP contribution is -2.54. The minimum atomic E-state index is -1.19. The maximum absolute atomic E-state index is 12.5. The van der Waals surface area contributed by atoms with Gasteiger partial charge in [0.25, 0.3) is 5.91 Å². The molecule has 0 bridgehead atoms. The molecule has 0 saturated heterocycles. The Morgan fingerprint density at radius 2 is 2.04 bits per heavy atom. The Morgan fingerprint density at radius 1 is 1.38 bits per heavy atom. The van der Waals surface area contributed by atoms with Gasteiger partial charge in [0.15, 0.2) is 0 Å². The van der Waals surface area contributed by atoms with Gasteiger partial charge in [0.1, 0.15) is 17.0 Å². The minimum Gasteiger partial charge on any atom is -0.493 e. The predicted molar refractivity (Wildman–Crippen MR) is 93.0 cm³/mol. The molecular formula is C17H24N4O3. The van der Waals surface area contributed by atoms with E-state index in [-0.39, 0.29) is 5.71 Å². The summed E-state index contributed by atoms with van der Waals surface area (Å²) in [5.74, 6) is 0.0901. The van der Waals surface area contributed by atoms with Gasteiger partial charge in [0.05, 0.1) is 6.61 Å². The Balaban J connectivity index is 2.20. The number of nitrogens with one attached hydrogen (secondary N) is 1. The van der Waals surface area contributed by atoms with Crippen LogP contribution >= 0.6 is 0 Å². The van der Waals surface area contributed by atoms with E-state index in [9.17, 15) is 9.59 Å². The third-order valence-electron chi connectivity index (χ3n) is 3.94. The van der Waals surface area contributed by atoms with Gasteiger partial charge in [-0.2, -0.15) is 0 Å². The van der Waals surface area contributed by atoms with Gasteiger partial charge in [-0.15, -0.1) is 0 Å². The summed E-state index contributed by atoms with van der Waals surface area (Å²) >= 11 is 0. The first-order chi connectivity index (χ1) is 11.2. The molecule has 1 aliphatic rings. The molecule has 2 amide bonds. The van der Waals surface area contributed by atoms with Crippen molar-refractivity contribution in [1.29, 1.82) is 0 Å². The molecule has 0 heterocycles. The molecule has 1 aromatic rings. The second kappa shape index (κ2) is 6.90. The molecule has 0 radical (unpaired) electrons. The van der Waals surface area contributed by atoms with Crippen molar-refractivity contribution in [3.63, 3.8) is 0 Å². The number of ether oxygens (including phenoxy) is 1. The Morgan fingerprint density at radius 3 is 2.58 bits per heavy atom. The quantitative estimate of drug-likeness (QED) is 0.506. The van der Waals surface area contributed by atoms with Crippen LogP contribution in [0, 0.1) is 5.92 Å². The SMILES string of the molecule is CN=C(C(=O)NC(C)(C)C(N)=O)c1cc(OCC2CC2)ccc1N. The predicted octanol–water partition coefficient (Wildman–Crippen LogP) is 0.857. The second-order valence-corrected chi connectivity index (χ2v) is 6.52. The van der Waals surface area contributed by atoms with Crippen LogP contribution in [0.15, 0.2) is 23.2 Å². The Hall–Kier alpha value is -2.57. The zero-order valence-corrected chi connectivity index (χ0v) is 14.3. The molecule has 2 rings (SSSR count). The zero-order chi connectivity index (χ0) is 17.9. The maximum atomic E-state index is 12.5. The van der Waals surface area contributed by atoms with E-state index in [1.807, 2.05) is 0 Å². The normalized spacial score (nSPS) is 15.0. The fourth-order valence-electron chi connectivity index (χ4n) is 2.08. The van der Waals surface area contributed by atoms with Gasteiger partial charge in [0, 0.05) is 18.3 Å². The summed E-state index contributed by atoms with van der Waals surface area (Å²) in [4.78, 5) is 27.9. The van der Waals surface area contributed by atoms with Crippen LogP contribution in [0.2, 0.25) is 0 Å². The number of nitrogen functional groups attached to an aromatic ring is 1. The van der Waals surface area contributed by atoms with Gasteiger partial charge < -0.3 is 21.5 Å². The van der Waals surface area contributed by atoms with Crippen LogP contribution in [0.4, 0.5) is 5.69 Å². The van der Waals surface area contributed by atoms with Crippen LogP contribution in [-0.2, 0) is 9.59 Å². The van der Waals surface area contributed by atoms with E-state index in [1.54, 1.807) is 18.2 Å². The molecule has 1 saturated carbocycles. The molecular weight excluding hydrogens is 308 g/mol. The van der Waals surface area contributed by atoms with E-state index in [4.69, 9.17) is 16.2 Å². The molecule has 130 valence electrons. The van der Waals surface area contributed by atoms with E-state index in [1.165, 1.54) is 33.7 Å². The van der Waals surface area contributed by atoms with Gasteiger partial charge in [-0.05, 0) is 50.8 Å². The standard InChI is InChI=1S/C17H24N4O3/c1-17(2,16(19)23)21-15(22)14(20-3)12-8-11(6-7-13(12)18)24-9-10-4-5-10/h6-8,10H,4-5,9,18H2,1-3H3,(H2,19,23)(H,21,22). The van der Waals surface area contributed by atoms with Gasteiger partial charge in [-0.25, -0.2) is 0 Å². The van der Waals surface area contributed by atoms with E-state index < -0.39 is 17.4 Å². The Bertz CT molecular complexity index is 678. The van der Waals surface area contributed by atoms with E-state index in [2.05, 4.69) is 10.3 Å². The molecule has 24 heavy (non-hydrogen) atoms. The highest BCUT2D eigenvalue weighted by atomic mass is 16.5. The summed E-state index contributed by atoms with van der Waals surface area (Å²) in [6, 6.07) is 5.13. The number of hydrogen-bond donors (Lipinski definition) is 3. The summed E-state index contributed by atoms with van der Waals surface area (Å²) < 4.78 is 5.72. The number of primary amides is 1. The molecule has 1 fully saturated rings. The third kappa shape index (κ3) is 4.24. The number of nitrogens with two attached hydrogens (primary N) is 2. The number of benzene rings is 1. The molecule has 0 aromatic heterocycles. The molecule has 0 aliphatic heterocycles. The molecule has 7 nitrogen and oxygen atoms in total. The fourth-order valence-corrected chi connectivity index (χ4v) is 2.08. The van der Waals surface area contributed by atoms with E-state index in [0.29, 0.717) is 29.5 Å². The highest BCUT2D eigenvalue weighted by Gasteiger charge is 2.29. The van der Waals surface area contributed by atoms with Gasteiger partial charge in [-0.1, -0.05) is 0 Å². The summed E-state index contributed by atoms with van der Waals surface area (Å²) in [6.07, 6.45) is 2.38. The first-order valence-corrected chi connectivity index (χ1v) is 7.86. The number of carbonyl (C=O) groups is 2. The summed E-state index contributed by atoms with van der Waals surface area (Å²) in [7, 11) is 1.49. The van der Waals surface area contributed by atoms with E-state index >= 15 is 0 Å². The maximum Gasteiger partial charge on any atom is 0.270 e. The molecule has 1 aromatic carbocycles. The van der Waals surface area contributed by atoms with Crippen molar-refractivity contribution >= 4 is 23.2 Å². The molecule has 1 aliphatic carbocycles. The van der Waals surface area contributed by atoms with Crippen LogP contribution in [0.5, 0.6) is 5.75 Å². The molecule has 5 N–H and O–H groups in total. The average molecular weight is 332 g/mol. The van der Waals surface area contributed by atoms with Crippen molar-refractivity contribution in [3.8, 4) is 5.75 Å². The van der Waals surface area contributed by atoms with Crippen LogP contribution in [0.25, 0.3) is 0 Å². The minimum absolute atomic E-state index is 0.124. The monoisotopic (exact) mass is 332 g/mol. The zero-order valence-electron chi connectivity index (χ0n) is 14.3. The van der Waals surface area contributed by atoms with Gasteiger partial charge in [-0.3, -0.25) is 14.6 Å². The number of anilines is 1. The number of rotatable bonds is 7. The first kappa shape index (κ1) is 17.8. The van der Waals surface area contributed by atoms with E-state index in [0.717, 1.165) is 0 Å². The lowest BCUT2D eigenvalue weighted by Gasteiger charge is -2.23. The second-order valence-electron chi connectivity index (χ2n) is 6.52. The van der Waals surface area contributed by atoms with Crippen LogP contribution < -0.4 is 21.5 Å². The van der Waals surface area contributed by atoms with Crippen molar-refractivity contribution < 1.29 is 14.3 Å². The van der Waals surface area contributed by atoms with Crippen molar-refractivity contribution in [2.45, 2.75) is 32.2 Å². The highest BCUT2D eigenvalue weighted by molar-refractivity contribution is 6.46. The highest BCUT2D eigenvalue weighted by Crippen LogP contribution is 2.30. The Kier molecular flexibility index (Phi) is 5.11. The molecule has 0 spiro atoms. The number of hydrogen-bond acceptors (Lipinski definition) is 5. The van der Waals surface area contributed by atoms with Gasteiger partial charge in [0.2, 0.25) is 5.91 Å². The molecule has 7 heteroatoms. The van der Waals surface area contributed by atoms with Crippen molar-refractivity contribution in [2.75, 3.05) is 19.4 Å². The summed E-state index contributed by atoms with van der Waals surface area (Å²) in [5.41, 5.74) is 11.1.